The lowest BCUT2D eigenvalue weighted by molar-refractivity contribution is -0.121. The molecule has 3 rings (SSSR count). The molecule has 2 N–H and O–H groups in total. The van der Waals surface area contributed by atoms with E-state index in [0.29, 0.717) is 12.4 Å². The quantitative estimate of drug-likeness (QED) is 0.525. The van der Waals surface area contributed by atoms with E-state index >= 15 is 0 Å². The van der Waals surface area contributed by atoms with Crippen LogP contribution in [-0.2, 0) is 17.6 Å². The molecule has 0 aliphatic carbocycles. The summed E-state index contributed by atoms with van der Waals surface area (Å²) in [4.78, 5) is 27.2. The van der Waals surface area contributed by atoms with Gasteiger partial charge >= 0.3 is 0 Å². The highest BCUT2D eigenvalue weighted by Crippen LogP contribution is 2.19. The number of aromatic nitrogens is 3. The summed E-state index contributed by atoms with van der Waals surface area (Å²) in [6.45, 7) is 4.63. The highest BCUT2D eigenvalue weighted by atomic mass is 16.5. The Kier molecular flexibility index (Phi) is 7.92. The Balaban J connectivity index is 1.51. The van der Waals surface area contributed by atoms with E-state index in [-0.39, 0.29) is 36.1 Å². The number of aryl methyl sites for hydroxylation is 1. The summed E-state index contributed by atoms with van der Waals surface area (Å²) >= 11 is 0. The minimum Gasteiger partial charge on any atom is -0.491 e. The standard InChI is InChI=1S/C24H28N4O3/c1-3-17(2)31-20-11-9-19(10-12-20)23-26-24(30)21(27-28-23)13-14-22(29)25-16-15-18-7-5-4-6-8-18/h4-12,17H,3,13-16H2,1-2H3,(H,25,29)(H,26,28,30). The highest BCUT2D eigenvalue weighted by Gasteiger charge is 2.10. The van der Waals surface area contributed by atoms with Crippen molar-refractivity contribution >= 4 is 5.91 Å². The van der Waals surface area contributed by atoms with Crippen molar-refractivity contribution in [2.45, 2.75) is 45.6 Å². The van der Waals surface area contributed by atoms with Crippen LogP contribution in [0.5, 0.6) is 5.75 Å². The monoisotopic (exact) mass is 420 g/mol. The van der Waals surface area contributed by atoms with Crippen molar-refractivity contribution in [3.8, 4) is 17.1 Å². The lowest BCUT2D eigenvalue weighted by Gasteiger charge is -2.12. The fourth-order valence-corrected chi connectivity index (χ4v) is 2.97. The van der Waals surface area contributed by atoms with Crippen molar-refractivity contribution in [1.29, 1.82) is 0 Å². The third kappa shape index (κ3) is 6.77. The van der Waals surface area contributed by atoms with E-state index in [2.05, 4.69) is 27.4 Å². The Morgan fingerprint density at radius 2 is 1.81 bits per heavy atom. The molecule has 1 heterocycles. The molecule has 0 radical (unpaired) electrons. The molecular formula is C24H28N4O3. The molecule has 31 heavy (non-hydrogen) atoms. The average molecular weight is 421 g/mol. The van der Waals surface area contributed by atoms with Gasteiger partial charge in [0.05, 0.1) is 6.10 Å². The molecule has 0 bridgehead atoms. The van der Waals surface area contributed by atoms with Crippen LogP contribution < -0.4 is 15.6 Å². The fraction of sp³-hybridized carbons (Fsp3) is 0.333. The number of amides is 1. The van der Waals surface area contributed by atoms with Gasteiger partial charge in [-0.2, -0.15) is 0 Å². The number of H-pyrrole nitrogens is 1. The second-order valence-electron chi connectivity index (χ2n) is 7.40. The minimum atomic E-state index is -0.331. The molecule has 0 saturated heterocycles. The van der Waals surface area contributed by atoms with Gasteiger partial charge in [0.25, 0.3) is 5.56 Å². The van der Waals surface area contributed by atoms with Gasteiger partial charge < -0.3 is 15.0 Å². The Hall–Kier alpha value is -3.48. The zero-order valence-electron chi connectivity index (χ0n) is 17.9. The van der Waals surface area contributed by atoms with E-state index in [9.17, 15) is 9.59 Å². The molecular weight excluding hydrogens is 392 g/mol. The van der Waals surface area contributed by atoms with Crippen molar-refractivity contribution in [2.24, 2.45) is 0 Å². The number of nitrogens with one attached hydrogen (secondary N) is 2. The van der Waals surface area contributed by atoms with E-state index < -0.39 is 0 Å². The summed E-state index contributed by atoms with van der Waals surface area (Å²) in [5.74, 6) is 1.04. The number of carbonyl (C=O) groups is 1. The fourth-order valence-electron chi connectivity index (χ4n) is 2.97. The molecule has 1 atom stereocenters. The van der Waals surface area contributed by atoms with Crippen LogP contribution in [-0.4, -0.2) is 33.7 Å². The first-order chi connectivity index (χ1) is 15.0. The van der Waals surface area contributed by atoms with E-state index in [1.807, 2.05) is 61.5 Å². The van der Waals surface area contributed by atoms with Gasteiger partial charge in [0.15, 0.2) is 5.82 Å². The molecule has 2 aromatic carbocycles. The Morgan fingerprint density at radius 3 is 2.48 bits per heavy atom. The third-order valence-corrected chi connectivity index (χ3v) is 4.97. The van der Waals surface area contributed by atoms with Crippen LogP contribution in [0.2, 0.25) is 0 Å². The zero-order valence-corrected chi connectivity index (χ0v) is 17.9. The van der Waals surface area contributed by atoms with Gasteiger partial charge in [-0.15, -0.1) is 10.2 Å². The SMILES string of the molecule is CCC(C)Oc1ccc(-c2nnc(CCC(=O)NCCc3ccccc3)c(=O)[nH]2)cc1. The number of carbonyl (C=O) groups excluding carboxylic acids is 1. The summed E-state index contributed by atoms with van der Waals surface area (Å²) in [5, 5.41) is 11.0. The minimum absolute atomic E-state index is 0.113. The highest BCUT2D eigenvalue weighted by molar-refractivity contribution is 5.76. The molecule has 0 fully saturated rings. The maximum Gasteiger partial charge on any atom is 0.273 e. The van der Waals surface area contributed by atoms with E-state index in [1.54, 1.807) is 0 Å². The first-order valence-electron chi connectivity index (χ1n) is 10.6. The molecule has 7 heteroatoms. The molecule has 1 unspecified atom stereocenters. The van der Waals surface area contributed by atoms with Gasteiger partial charge in [0.2, 0.25) is 5.91 Å². The second-order valence-corrected chi connectivity index (χ2v) is 7.40. The Morgan fingerprint density at radius 1 is 1.06 bits per heavy atom. The van der Waals surface area contributed by atoms with E-state index in [0.717, 1.165) is 24.2 Å². The lowest BCUT2D eigenvalue weighted by Crippen LogP contribution is -2.27. The van der Waals surface area contributed by atoms with Crippen LogP contribution in [0.3, 0.4) is 0 Å². The van der Waals surface area contributed by atoms with Crippen molar-refractivity contribution in [1.82, 2.24) is 20.5 Å². The van der Waals surface area contributed by atoms with Crippen molar-refractivity contribution < 1.29 is 9.53 Å². The van der Waals surface area contributed by atoms with Crippen LogP contribution in [0.15, 0.2) is 59.4 Å². The summed E-state index contributed by atoms with van der Waals surface area (Å²) in [7, 11) is 0. The predicted octanol–water partition coefficient (Wildman–Crippen LogP) is 3.30. The molecule has 0 aliphatic rings. The van der Waals surface area contributed by atoms with Gasteiger partial charge in [-0.25, -0.2) is 0 Å². The van der Waals surface area contributed by atoms with Gasteiger partial charge in [-0.1, -0.05) is 37.3 Å². The number of benzene rings is 2. The summed E-state index contributed by atoms with van der Waals surface area (Å²) in [6.07, 6.45) is 2.26. The number of aromatic amines is 1. The van der Waals surface area contributed by atoms with Gasteiger partial charge in [0, 0.05) is 24.9 Å². The molecule has 0 saturated carbocycles. The molecule has 0 aliphatic heterocycles. The number of hydrogen-bond donors (Lipinski definition) is 2. The van der Waals surface area contributed by atoms with Crippen LogP contribution in [0.1, 0.15) is 37.9 Å². The molecule has 3 aromatic rings. The average Bonchev–Trinajstić information content (AvgIpc) is 2.79. The normalized spacial score (nSPS) is 11.7. The number of ether oxygens (including phenoxy) is 1. The second kappa shape index (κ2) is 11.1. The predicted molar refractivity (Wildman–Crippen MR) is 120 cm³/mol. The molecule has 7 nitrogen and oxygen atoms in total. The molecule has 1 aromatic heterocycles. The summed E-state index contributed by atoms with van der Waals surface area (Å²) in [5.41, 5.74) is 1.83. The number of nitrogens with zero attached hydrogens (tertiary/aromatic N) is 2. The maximum absolute atomic E-state index is 12.4. The van der Waals surface area contributed by atoms with Gasteiger partial charge in [-0.05, 0) is 49.6 Å². The van der Waals surface area contributed by atoms with Gasteiger partial charge in [0.1, 0.15) is 11.4 Å². The van der Waals surface area contributed by atoms with Crippen molar-refractivity contribution in [2.75, 3.05) is 6.54 Å². The Labute approximate surface area is 181 Å². The molecule has 162 valence electrons. The first kappa shape index (κ1) is 22.2. The number of rotatable bonds is 10. The van der Waals surface area contributed by atoms with E-state index in [4.69, 9.17) is 4.74 Å². The van der Waals surface area contributed by atoms with Crippen LogP contribution in [0.4, 0.5) is 0 Å². The van der Waals surface area contributed by atoms with Crippen LogP contribution in [0, 0.1) is 0 Å². The topological polar surface area (TPSA) is 97.0 Å². The Bertz CT molecular complexity index is 1030. The smallest absolute Gasteiger partial charge is 0.273 e. The third-order valence-electron chi connectivity index (χ3n) is 4.97. The van der Waals surface area contributed by atoms with Gasteiger partial charge in [-0.3, -0.25) is 9.59 Å². The van der Waals surface area contributed by atoms with Crippen LogP contribution in [0.25, 0.3) is 11.4 Å². The van der Waals surface area contributed by atoms with Crippen LogP contribution >= 0.6 is 0 Å². The number of hydrogen-bond acceptors (Lipinski definition) is 5. The maximum atomic E-state index is 12.4. The summed E-state index contributed by atoms with van der Waals surface area (Å²) in [6, 6.07) is 17.3. The first-order valence-corrected chi connectivity index (χ1v) is 10.6. The lowest BCUT2D eigenvalue weighted by atomic mass is 10.1. The zero-order chi connectivity index (χ0) is 22.1. The largest absolute Gasteiger partial charge is 0.491 e. The molecule has 1 amide bonds. The van der Waals surface area contributed by atoms with Crippen molar-refractivity contribution in [3.05, 3.63) is 76.2 Å². The summed E-state index contributed by atoms with van der Waals surface area (Å²) < 4.78 is 5.76. The van der Waals surface area contributed by atoms with Crippen molar-refractivity contribution in [3.63, 3.8) is 0 Å². The van der Waals surface area contributed by atoms with E-state index in [1.165, 1.54) is 5.56 Å². The molecule has 0 spiro atoms.